The summed E-state index contributed by atoms with van der Waals surface area (Å²) in [6.07, 6.45) is 8.92. The van der Waals surface area contributed by atoms with E-state index in [-0.39, 0.29) is 17.6 Å². The highest BCUT2D eigenvalue weighted by Crippen LogP contribution is 2.15. The standard InChI is InChI=1S/C23H25N7O4/c31-20(28-34)7-6-16-2-4-17(5-3-16)15-29-12-8-18(9-13-29)26-21(32)19-14-24-23(27-22(19)33)30-11-1-10-25-30/h1-7,10-11,14,18,34H,8-9,12-13,15H2,(H,26,32)(H,28,31)(H,24,27,33)/b7-6+. The largest absolute Gasteiger partial charge is 0.349 e. The molecule has 11 heteroatoms. The first kappa shape index (κ1) is 23.1. The van der Waals surface area contributed by atoms with Crippen molar-refractivity contribution >= 4 is 17.9 Å². The lowest BCUT2D eigenvalue weighted by Crippen LogP contribution is -2.45. The molecular formula is C23H25N7O4. The van der Waals surface area contributed by atoms with Gasteiger partial charge in [-0.25, -0.2) is 15.1 Å². The van der Waals surface area contributed by atoms with Gasteiger partial charge in [-0.15, -0.1) is 0 Å². The van der Waals surface area contributed by atoms with Crippen molar-refractivity contribution in [2.45, 2.75) is 25.4 Å². The second kappa shape index (κ2) is 10.7. The van der Waals surface area contributed by atoms with Crippen molar-refractivity contribution in [1.82, 2.24) is 35.4 Å². The van der Waals surface area contributed by atoms with Crippen molar-refractivity contribution in [3.63, 3.8) is 0 Å². The second-order valence-corrected chi connectivity index (χ2v) is 7.98. The number of hydroxylamine groups is 1. The SMILES string of the molecule is O=C(/C=C/c1ccc(CN2CCC(NC(=O)c3cnc(-n4cccn4)[nH]c3=O)CC2)cc1)NO. The number of carbonyl (C=O) groups excluding carboxylic acids is 2. The molecule has 0 spiro atoms. The van der Waals surface area contributed by atoms with Gasteiger partial charge in [0, 0.05) is 50.3 Å². The molecule has 1 saturated heterocycles. The topological polar surface area (TPSA) is 145 Å². The summed E-state index contributed by atoms with van der Waals surface area (Å²) < 4.78 is 1.42. The lowest BCUT2D eigenvalue weighted by molar-refractivity contribution is -0.124. The highest BCUT2D eigenvalue weighted by atomic mass is 16.5. The van der Waals surface area contributed by atoms with E-state index in [0.29, 0.717) is 0 Å². The molecule has 3 aromatic rings. The number of nitrogens with one attached hydrogen (secondary N) is 3. The van der Waals surface area contributed by atoms with E-state index in [9.17, 15) is 14.4 Å². The molecule has 1 aliphatic heterocycles. The Balaban J connectivity index is 1.26. The Bertz CT molecular complexity index is 1210. The Morgan fingerprint density at radius 3 is 2.62 bits per heavy atom. The van der Waals surface area contributed by atoms with Crippen LogP contribution in [0.25, 0.3) is 12.0 Å². The summed E-state index contributed by atoms with van der Waals surface area (Å²) in [6, 6.07) is 9.51. The van der Waals surface area contributed by atoms with Gasteiger partial charge in [0.15, 0.2) is 0 Å². The Kier molecular flexibility index (Phi) is 7.25. The fourth-order valence-corrected chi connectivity index (χ4v) is 3.76. The molecule has 1 fully saturated rings. The minimum absolute atomic E-state index is 0.0147. The maximum atomic E-state index is 12.6. The lowest BCUT2D eigenvalue weighted by atomic mass is 10.0. The third-order valence-corrected chi connectivity index (χ3v) is 5.60. The van der Waals surface area contributed by atoms with E-state index in [2.05, 4.69) is 25.3 Å². The number of aromatic amines is 1. The smallest absolute Gasteiger partial charge is 0.267 e. The Morgan fingerprint density at radius 2 is 1.97 bits per heavy atom. The van der Waals surface area contributed by atoms with E-state index in [4.69, 9.17) is 5.21 Å². The van der Waals surface area contributed by atoms with Crippen molar-refractivity contribution in [2.75, 3.05) is 13.1 Å². The number of H-pyrrole nitrogens is 1. The monoisotopic (exact) mass is 463 g/mol. The molecule has 4 N–H and O–H groups in total. The summed E-state index contributed by atoms with van der Waals surface area (Å²) in [5.41, 5.74) is 3.02. The fraction of sp³-hybridized carbons (Fsp3) is 0.261. The number of carbonyl (C=O) groups is 2. The summed E-state index contributed by atoms with van der Waals surface area (Å²) in [6.45, 7) is 2.41. The van der Waals surface area contributed by atoms with Gasteiger partial charge in [0.2, 0.25) is 5.95 Å². The Morgan fingerprint density at radius 1 is 1.21 bits per heavy atom. The first-order valence-electron chi connectivity index (χ1n) is 10.9. The molecule has 1 aromatic carbocycles. The first-order chi connectivity index (χ1) is 16.5. The summed E-state index contributed by atoms with van der Waals surface area (Å²) in [4.78, 5) is 45.0. The zero-order valence-electron chi connectivity index (χ0n) is 18.3. The van der Waals surface area contributed by atoms with Crippen LogP contribution in [0, 0.1) is 0 Å². The number of hydrogen-bond donors (Lipinski definition) is 4. The molecule has 0 saturated carbocycles. The van der Waals surface area contributed by atoms with Crippen LogP contribution in [0.2, 0.25) is 0 Å². The average molecular weight is 463 g/mol. The molecule has 2 amide bonds. The molecule has 0 unspecified atom stereocenters. The molecule has 4 rings (SSSR count). The molecule has 3 heterocycles. The van der Waals surface area contributed by atoms with Crippen LogP contribution >= 0.6 is 0 Å². The number of benzene rings is 1. The van der Waals surface area contributed by atoms with Crippen LogP contribution in [0.15, 0.2) is 59.8 Å². The maximum Gasteiger partial charge on any atom is 0.267 e. The van der Waals surface area contributed by atoms with Crippen LogP contribution < -0.4 is 16.4 Å². The van der Waals surface area contributed by atoms with E-state index in [1.165, 1.54) is 17.0 Å². The molecule has 0 atom stereocenters. The normalized spacial score (nSPS) is 14.9. The van der Waals surface area contributed by atoms with Crippen molar-refractivity contribution in [1.29, 1.82) is 0 Å². The zero-order chi connectivity index (χ0) is 23.9. The Hall–Kier alpha value is -4.09. The zero-order valence-corrected chi connectivity index (χ0v) is 18.3. The fourth-order valence-electron chi connectivity index (χ4n) is 3.76. The molecule has 34 heavy (non-hydrogen) atoms. The quantitative estimate of drug-likeness (QED) is 0.231. The van der Waals surface area contributed by atoms with Gasteiger partial charge in [0.05, 0.1) is 0 Å². The second-order valence-electron chi connectivity index (χ2n) is 7.98. The van der Waals surface area contributed by atoms with Gasteiger partial charge < -0.3 is 5.32 Å². The van der Waals surface area contributed by atoms with Crippen LogP contribution in [0.1, 0.15) is 34.3 Å². The van der Waals surface area contributed by atoms with Crippen molar-refractivity contribution in [2.24, 2.45) is 0 Å². The van der Waals surface area contributed by atoms with E-state index in [1.807, 2.05) is 24.3 Å². The highest BCUT2D eigenvalue weighted by Gasteiger charge is 2.22. The third-order valence-electron chi connectivity index (χ3n) is 5.60. The predicted octanol–water partition coefficient (Wildman–Crippen LogP) is 0.869. The van der Waals surface area contributed by atoms with E-state index in [0.717, 1.165) is 43.6 Å². The predicted molar refractivity (Wildman–Crippen MR) is 123 cm³/mol. The number of aromatic nitrogens is 4. The van der Waals surface area contributed by atoms with Gasteiger partial charge in [-0.2, -0.15) is 5.10 Å². The Labute approximate surface area is 195 Å². The van der Waals surface area contributed by atoms with Gasteiger partial charge in [-0.05, 0) is 36.1 Å². The number of likely N-dealkylation sites (tertiary alicyclic amines) is 1. The molecule has 2 aromatic heterocycles. The van der Waals surface area contributed by atoms with Crippen LogP contribution in [0.4, 0.5) is 0 Å². The van der Waals surface area contributed by atoms with E-state index in [1.54, 1.807) is 30.0 Å². The minimum atomic E-state index is -0.578. The molecule has 11 nitrogen and oxygen atoms in total. The summed E-state index contributed by atoms with van der Waals surface area (Å²) in [5.74, 6) is -0.761. The van der Waals surface area contributed by atoms with Crippen LogP contribution in [-0.4, -0.2) is 60.8 Å². The van der Waals surface area contributed by atoms with Crippen molar-refractivity contribution in [3.05, 3.63) is 82.0 Å². The summed E-state index contributed by atoms with van der Waals surface area (Å²) in [5, 5.41) is 15.5. The molecular weight excluding hydrogens is 438 g/mol. The highest BCUT2D eigenvalue weighted by molar-refractivity contribution is 5.93. The van der Waals surface area contributed by atoms with Crippen LogP contribution in [0.3, 0.4) is 0 Å². The van der Waals surface area contributed by atoms with E-state index < -0.39 is 17.4 Å². The molecule has 0 bridgehead atoms. The number of nitrogens with zero attached hydrogens (tertiary/aromatic N) is 4. The van der Waals surface area contributed by atoms with Gasteiger partial charge in [0.1, 0.15) is 5.56 Å². The van der Waals surface area contributed by atoms with Crippen molar-refractivity contribution in [3.8, 4) is 5.95 Å². The maximum absolute atomic E-state index is 12.6. The molecule has 176 valence electrons. The summed E-state index contributed by atoms with van der Waals surface area (Å²) in [7, 11) is 0. The van der Waals surface area contributed by atoms with Crippen LogP contribution in [0.5, 0.6) is 0 Å². The summed E-state index contributed by atoms with van der Waals surface area (Å²) >= 11 is 0. The molecule has 0 radical (unpaired) electrons. The average Bonchev–Trinajstić information content (AvgIpc) is 3.39. The van der Waals surface area contributed by atoms with Crippen molar-refractivity contribution < 1.29 is 14.8 Å². The minimum Gasteiger partial charge on any atom is -0.349 e. The van der Waals surface area contributed by atoms with Gasteiger partial charge >= 0.3 is 0 Å². The van der Waals surface area contributed by atoms with Gasteiger partial charge in [-0.3, -0.25) is 29.5 Å². The molecule has 0 aliphatic carbocycles. The number of amides is 2. The number of piperidine rings is 1. The van der Waals surface area contributed by atoms with Gasteiger partial charge in [0.25, 0.3) is 17.4 Å². The first-order valence-corrected chi connectivity index (χ1v) is 10.9. The van der Waals surface area contributed by atoms with Crippen LogP contribution in [-0.2, 0) is 11.3 Å². The molecule has 1 aliphatic rings. The number of hydrogen-bond acceptors (Lipinski definition) is 7. The van der Waals surface area contributed by atoms with E-state index >= 15 is 0 Å². The lowest BCUT2D eigenvalue weighted by Gasteiger charge is -2.32. The van der Waals surface area contributed by atoms with Gasteiger partial charge in [-0.1, -0.05) is 24.3 Å². The number of rotatable bonds is 7. The third kappa shape index (κ3) is 5.82.